The summed E-state index contributed by atoms with van der Waals surface area (Å²) in [5.41, 5.74) is 2.06. The maximum absolute atomic E-state index is 4.42. The highest BCUT2D eigenvalue weighted by molar-refractivity contribution is 5.68. The summed E-state index contributed by atoms with van der Waals surface area (Å²) in [6.07, 6.45) is 4.76. The van der Waals surface area contributed by atoms with Gasteiger partial charge < -0.3 is 5.32 Å². The fourth-order valence-corrected chi connectivity index (χ4v) is 2.07. The van der Waals surface area contributed by atoms with Gasteiger partial charge in [-0.05, 0) is 25.3 Å². The van der Waals surface area contributed by atoms with Crippen LogP contribution in [0.2, 0.25) is 0 Å². The molecule has 17 heavy (non-hydrogen) atoms. The van der Waals surface area contributed by atoms with Crippen LogP contribution >= 0.6 is 0 Å². The number of fused-ring (bicyclic) bond motifs is 1. The van der Waals surface area contributed by atoms with Gasteiger partial charge in [-0.2, -0.15) is 5.10 Å². The van der Waals surface area contributed by atoms with Crippen LogP contribution in [0, 0.1) is 12.8 Å². The van der Waals surface area contributed by atoms with E-state index in [0.717, 1.165) is 23.4 Å². The Morgan fingerprint density at radius 1 is 1.41 bits per heavy atom. The van der Waals surface area contributed by atoms with Gasteiger partial charge in [0.1, 0.15) is 5.52 Å². The summed E-state index contributed by atoms with van der Waals surface area (Å²) >= 11 is 0. The van der Waals surface area contributed by atoms with Crippen molar-refractivity contribution in [2.45, 2.75) is 40.2 Å². The van der Waals surface area contributed by atoms with E-state index in [-0.39, 0.29) is 0 Å². The van der Waals surface area contributed by atoms with Gasteiger partial charge >= 0.3 is 0 Å². The van der Waals surface area contributed by atoms with Crippen molar-refractivity contribution in [3.05, 3.63) is 24.2 Å². The van der Waals surface area contributed by atoms with E-state index in [1.807, 2.05) is 17.6 Å². The average Bonchev–Trinajstić information content (AvgIpc) is 2.66. The third-order valence-corrected chi connectivity index (χ3v) is 3.08. The third kappa shape index (κ3) is 2.40. The van der Waals surface area contributed by atoms with Gasteiger partial charge in [-0.3, -0.25) is 0 Å². The van der Waals surface area contributed by atoms with Gasteiger partial charge in [0.15, 0.2) is 5.82 Å². The molecule has 92 valence electrons. The van der Waals surface area contributed by atoms with Crippen LogP contribution in [0.4, 0.5) is 5.82 Å². The summed E-state index contributed by atoms with van der Waals surface area (Å²) in [5, 5.41) is 7.90. The number of hydrogen-bond acceptors (Lipinski definition) is 3. The van der Waals surface area contributed by atoms with E-state index < -0.39 is 0 Å². The average molecular weight is 232 g/mol. The lowest BCUT2D eigenvalue weighted by Gasteiger charge is -2.21. The fraction of sp³-hybridized carbons (Fsp3) is 0.538. The van der Waals surface area contributed by atoms with Crippen LogP contribution in [-0.2, 0) is 0 Å². The van der Waals surface area contributed by atoms with E-state index in [2.05, 4.69) is 42.2 Å². The van der Waals surface area contributed by atoms with Crippen molar-refractivity contribution < 1.29 is 0 Å². The molecule has 0 aliphatic carbocycles. The number of rotatable bonds is 4. The summed E-state index contributed by atoms with van der Waals surface area (Å²) in [6.45, 7) is 8.64. The molecule has 2 aromatic rings. The highest BCUT2D eigenvalue weighted by Crippen LogP contribution is 2.18. The molecule has 1 unspecified atom stereocenters. The quantitative estimate of drug-likeness (QED) is 0.881. The normalized spacial score (nSPS) is 13.2. The van der Waals surface area contributed by atoms with Gasteiger partial charge in [-0.25, -0.2) is 9.50 Å². The zero-order chi connectivity index (χ0) is 12.4. The molecule has 0 saturated heterocycles. The number of aryl methyl sites for hydroxylation is 1. The zero-order valence-corrected chi connectivity index (χ0v) is 10.9. The summed E-state index contributed by atoms with van der Waals surface area (Å²) in [6, 6.07) is 2.51. The van der Waals surface area contributed by atoms with E-state index in [1.54, 1.807) is 6.20 Å². The van der Waals surface area contributed by atoms with E-state index in [1.165, 1.54) is 0 Å². The smallest absolute Gasteiger partial charge is 0.152 e. The Morgan fingerprint density at radius 3 is 2.82 bits per heavy atom. The first kappa shape index (κ1) is 11.9. The first-order chi connectivity index (χ1) is 8.11. The van der Waals surface area contributed by atoms with Crippen LogP contribution in [-0.4, -0.2) is 20.6 Å². The van der Waals surface area contributed by atoms with Crippen molar-refractivity contribution in [3.63, 3.8) is 0 Å². The van der Waals surface area contributed by atoms with E-state index in [0.29, 0.717) is 12.0 Å². The molecule has 2 heterocycles. The highest BCUT2D eigenvalue weighted by atomic mass is 15.2. The number of nitrogens with zero attached hydrogens (tertiary/aromatic N) is 3. The largest absolute Gasteiger partial charge is 0.365 e. The lowest BCUT2D eigenvalue weighted by Crippen LogP contribution is -2.25. The second-order valence-corrected chi connectivity index (χ2v) is 4.79. The third-order valence-electron chi connectivity index (χ3n) is 3.08. The summed E-state index contributed by atoms with van der Waals surface area (Å²) in [5.74, 6) is 1.51. The van der Waals surface area contributed by atoms with Crippen LogP contribution in [0.25, 0.3) is 5.52 Å². The van der Waals surface area contributed by atoms with Crippen molar-refractivity contribution in [3.8, 4) is 0 Å². The Bertz CT molecular complexity index is 501. The SMILES string of the molecule is CCC(Nc1nccn2nc(C)cc12)C(C)C. The topological polar surface area (TPSA) is 42.2 Å². The molecule has 4 heteroatoms. The van der Waals surface area contributed by atoms with Gasteiger partial charge in [-0.1, -0.05) is 20.8 Å². The first-order valence-electron chi connectivity index (χ1n) is 6.19. The standard InChI is InChI=1S/C13H20N4/c1-5-11(9(2)3)15-13-12-8-10(4)16-17(12)7-6-14-13/h6-9,11H,5H2,1-4H3,(H,14,15). The minimum absolute atomic E-state index is 0.448. The molecule has 0 bridgehead atoms. The van der Waals surface area contributed by atoms with Crippen molar-refractivity contribution in [1.82, 2.24) is 14.6 Å². The van der Waals surface area contributed by atoms with Gasteiger partial charge in [-0.15, -0.1) is 0 Å². The Kier molecular flexibility index (Phi) is 3.31. The van der Waals surface area contributed by atoms with Crippen molar-refractivity contribution in [2.75, 3.05) is 5.32 Å². The molecule has 0 aliphatic heterocycles. The minimum Gasteiger partial charge on any atom is -0.365 e. The summed E-state index contributed by atoms with van der Waals surface area (Å²) in [4.78, 5) is 4.42. The molecule has 1 N–H and O–H groups in total. The van der Waals surface area contributed by atoms with E-state index in [9.17, 15) is 0 Å². The van der Waals surface area contributed by atoms with Gasteiger partial charge in [0, 0.05) is 18.4 Å². The molecule has 0 amide bonds. The number of hydrogen-bond donors (Lipinski definition) is 1. The first-order valence-corrected chi connectivity index (χ1v) is 6.19. The van der Waals surface area contributed by atoms with Crippen LogP contribution < -0.4 is 5.32 Å². The summed E-state index contributed by atoms with van der Waals surface area (Å²) < 4.78 is 1.87. The predicted octanol–water partition coefficient (Wildman–Crippen LogP) is 2.88. The van der Waals surface area contributed by atoms with Crippen LogP contribution in [0.5, 0.6) is 0 Å². The van der Waals surface area contributed by atoms with Crippen LogP contribution in [0.15, 0.2) is 18.5 Å². The summed E-state index contributed by atoms with van der Waals surface area (Å²) in [7, 11) is 0. The maximum atomic E-state index is 4.42. The molecular formula is C13H20N4. The Morgan fingerprint density at radius 2 is 2.18 bits per heavy atom. The van der Waals surface area contributed by atoms with Crippen molar-refractivity contribution in [1.29, 1.82) is 0 Å². The van der Waals surface area contributed by atoms with Crippen LogP contribution in [0.1, 0.15) is 32.9 Å². The van der Waals surface area contributed by atoms with Crippen molar-refractivity contribution >= 4 is 11.3 Å². The molecule has 2 rings (SSSR count). The number of anilines is 1. The van der Waals surface area contributed by atoms with Crippen LogP contribution in [0.3, 0.4) is 0 Å². The lowest BCUT2D eigenvalue weighted by molar-refractivity contribution is 0.510. The van der Waals surface area contributed by atoms with Gasteiger partial charge in [0.25, 0.3) is 0 Å². The molecule has 0 fully saturated rings. The zero-order valence-electron chi connectivity index (χ0n) is 10.9. The second-order valence-electron chi connectivity index (χ2n) is 4.79. The molecule has 0 aliphatic rings. The maximum Gasteiger partial charge on any atom is 0.152 e. The highest BCUT2D eigenvalue weighted by Gasteiger charge is 2.13. The fourth-order valence-electron chi connectivity index (χ4n) is 2.07. The van der Waals surface area contributed by atoms with E-state index in [4.69, 9.17) is 0 Å². The Labute approximate surface area is 102 Å². The molecule has 1 atom stereocenters. The molecular weight excluding hydrogens is 212 g/mol. The van der Waals surface area contributed by atoms with E-state index >= 15 is 0 Å². The predicted molar refractivity (Wildman–Crippen MR) is 70.3 cm³/mol. The molecule has 0 radical (unpaired) electrons. The monoisotopic (exact) mass is 232 g/mol. The molecule has 0 saturated carbocycles. The number of aromatic nitrogens is 3. The molecule has 2 aromatic heterocycles. The second kappa shape index (κ2) is 4.73. The van der Waals surface area contributed by atoms with Crippen molar-refractivity contribution in [2.24, 2.45) is 5.92 Å². The Balaban J connectivity index is 2.34. The molecule has 0 aromatic carbocycles. The molecule has 0 spiro atoms. The van der Waals surface area contributed by atoms with Gasteiger partial charge in [0.05, 0.1) is 5.69 Å². The Hall–Kier alpha value is -1.58. The molecule has 4 nitrogen and oxygen atoms in total. The lowest BCUT2D eigenvalue weighted by atomic mass is 10.0. The number of nitrogens with one attached hydrogen (secondary N) is 1. The van der Waals surface area contributed by atoms with Gasteiger partial charge in [0.2, 0.25) is 0 Å². The minimum atomic E-state index is 0.448.